The largest absolute Gasteiger partial charge is 0.459 e. The number of hydrogen-bond donors (Lipinski definition) is 0. The van der Waals surface area contributed by atoms with Crippen molar-refractivity contribution in [3.8, 4) is 11.5 Å². The Hall–Kier alpha value is -2.28. The lowest BCUT2D eigenvalue weighted by Gasteiger charge is -2.52. The minimum atomic E-state index is -0.488. The van der Waals surface area contributed by atoms with Crippen LogP contribution in [0.15, 0.2) is 12.1 Å². The van der Waals surface area contributed by atoms with Crippen molar-refractivity contribution < 1.29 is 33.0 Å². The van der Waals surface area contributed by atoms with Crippen molar-refractivity contribution in [1.29, 1.82) is 0 Å². The van der Waals surface area contributed by atoms with Crippen LogP contribution in [0.5, 0.6) is 11.5 Å². The maximum atomic E-state index is 12.0. The van der Waals surface area contributed by atoms with Gasteiger partial charge in [-0.2, -0.15) is 0 Å². The number of likely N-dealkylation sites (N-methyl/N-ethyl adjacent to an activating group) is 1. The Kier molecular flexibility index (Phi) is 3.88. The number of carbonyl (C=O) groups excluding carboxylic acids is 2. The van der Waals surface area contributed by atoms with Crippen LogP contribution in [-0.2, 0) is 25.6 Å². The van der Waals surface area contributed by atoms with E-state index in [4.69, 9.17) is 18.9 Å². The first-order valence-electron chi connectivity index (χ1n) is 9.97. The van der Waals surface area contributed by atoms with Gasteiger partial charge in [0.25, 0.3) is 0 Å². The number of ether oxygens (including phenoxy) is 4. The van der Waals surface area contributed by atoms with Crippen molar-refractivity contribution in [2.45, 2.75) is 57.4 Å². The SMILES string of the molecule is CC(=O)OC1CC2CC[N+]3(C)Cc4cc5c(cc4C(C1OC(C)=O)C23)OCO5. The minimum Gasteiger partial charge on any atom is -0.459 e. The molecule has 1 aromatic carbocycles. The molecule has 2 fully saturated rings. The van der Waals surface area contributed by atoms with E-state index in [0.29, 0.717) is 12.0 Å². The molecule has 7 nitrogen and oxygen atoms in total. The van der Waals surface area contributed by atoms with Gasteiger partial charge in [-0.1, -0.05) is 0 Å². The lowest BCUT2D eigenvalue weighted by molar-refractivity contribution is -0.940. The third-order valence-electron chi connectivity index (χ3n) is 6.98. The number of nitrogens with zero attached hydrogens (tertiary/aromatic N) is 1. The van der Waals surface area contributed by atoms with E-state index in [9.17, 15) is 9.59 Å². The summed E-state index contributed by atoms with van der Waals surface area (Å²) in [5, 5.41) is 0. The molecule has 3 heterocycles. The van der Waals surface area contributed by atoms with Gasteiger partial charge in [0, 0.05) is 31.7 Å². The summed E-state index contributed by atoms with van der Waals surface area (Å²) in [6.07, 6.45) is 0.920. The third-order valence-corrected chi connectivity index (χ3v) is 6.98. The van der Waals surface area contributed by atoms with Crippen molar-refractivity contribution >= 4 is 11.9 Å². The van der Waals surface area contributed by atoms with Gasteiger partial charge < -0.3 is 23.4 Å². The van der Waals surface area contributed by atoms with Gasteiger partial charge in [-0.15, -0.1) is 0 Å². The summed E-state index contributed by atoms with van der Waals surface area (Å²) in [5.74, 6) is 1.23. The molecule has 0 N–H and O–H groups in total. The highest BCUT2D eigenvalue weighted by Crippen LogP contribution is 2.55. The average molecular weight is 388 g/mol. The van der Waals surface area contributed by atoms with Crippen LogP contribution in [0.4, 0.5) is 0 Å². The van der Waals surface area contributed by atoms with Crippen LogP contribution < -0.4 is 9.47 Å². The average Bonchev–Trinajstić information content (AvgIpc) is 3.19. The quantitative estimate of drug-likeness (QED) is 0.571. The summed E-state index contributed by atoms with van der Waals surface area (Å²) >= 11 is 0. The number of esters is 2. The molecule has 0 radical (unpaired) electrons. The number of fused-ring (bicyclic) bond motifs is 3. The highest BCUT2D eigenvalue weighted by Gasteiger charge is 2.61. The monoisotopic (exact) mass is 388 g/mol. The van der Waals surface area contributed by atoms with Crippen molar-refractivity contribution in [2.75, 3.05) is 20.4 Å². The fraction of sp³-hybridized carbons (Fsp3) is 0.619. The van der Waals surface area contributed by atoms with Crippen LogP contribution in [0, 0.1) is 5.92 Å². The predicted octanol–water partition coefficient (Wildman–Crippen LogP) is 2.11. The molecular weight excluding hydrogens is 362 g/mol. The Labute approximate surface area is 164 Å². The Morgan fingerprint density at radius 2 is 1.82 bits per heavy atom. The first kappa shape index (κ1) is 17.8. The fourth-order valence-corrected chi connectivity index (χ4v) is 6.14. The topological polar surface area (TPSA) is 71.1 Å². The number of benzene rings is 1. The van der Waals surface area contributed by atoms with Gasteiger partial charge in [0.05, 0.1) is 19.5 Å². The molecule has 150 valence electrons. The molecule has 0 amide bonds. The molecule has 1 saturated carbocycles. The summed E-state index contributed by atoms with van der Waals surface area (Å²) < 4.78 is 23.6. The third kappa shape index (κ3) is 2.59. The number of carbonyl (C=O) groups is 2. The molecule has 1 aromatic rings. The van der Waals surface area contributed by atoms with Crippen molar-refractivity contribution in [1.82, 2.24) is 0 Å². The van der Waals surface area contributed by atoms with E-state index >= 15 is 0 Å². The predicted molar refractivity (Wildman–Crippen MR) is 97.7 cm³/mol. The van der Waals surface area contributed by atoms with Crippen molar-refractivity contribution in [2.24, 2.45) is 5.92 Å². The number of rotatable bonds is 2. The zero-order valence-electron chi connectivity index (χ0n) is 16.5. The van der Waals surface area contributed by atoms with E-state index in [1.807, 2.05) is 6.07 Å². The molecule has 1 aliphatic carbocycles. The summed E-state index contributed by atoms with van der Waals surface area (Å²) in [7, 11) is 2.29. The molecule has 4 aliphatic rings. The fourth-order valence-electron chi connectivity index (χ4n) is 6.14. The first-order chi connectivity index (χ1) is 13.4. The van der Waals surface area contributed by atoms with Gasteiger partial charge in [0.1, 0.15) is 18.7 Å². The van der Waals surface area contributed by atoms with Crippen LogP contribution in [0.3, 0.4) is 0 Å². The minimum absolute atomic E-state index is 0.0299. The van der Waals surface area contributed by atoms with Gasteiger partial charge in [-0.25, -0.2) is 0 Å². The lowest BCUT2D eigenvalue weighted by atomic mass is 9.67. The Balaban J connectivity index is 1.65. The standard InChI is InChI=1S/C21H26NO6/c1-11(23)27-18-6-13-4-5-22(3)9-14-7-16-17(26-10-25-16)8-15(14)19(20(13)22)21(18)28-12(2)24/h7-8,13,18-21H,4-6,9-10H2,1-3H3/q+1. The number of hydrogen-bond acceptors (Lipinski definition) is 6. The van der Waals surface area contributed by atoms with Crippen LogP contribution >= 0.6 is 0 Å². The first-order valence-corrected chi connectivity index (χ1v) is 9.97. The van der Waals surface area contributed by atoms with Crippen molar-refractivity contribution in [3.05, 3.63) is 23.3 Å². The summed E-state index contributed by atoms with van der Waals surface area (Å²) in [6, 6.07) is 4.46. The molecule has 0 aromatic heterocycles. The van der Waals surface area contributed by atoms with Gasteiger partial charge in [-0.3, -0.25) is 9.59 Å². The van der Waals surface area contributed by atoms with E-state index in [2.05, 4.69) is 13.1 Å². The second-order valence-electron chi connectivity index (χ2n) is 8.79. The van der Waals surface area contributed by atoms with Gasteiger partial charge in [0.15, 0.2) is 17.6 Å². The molecule has 3 aliphatic heterocycles. The number of quaternary nitrogens is 1. The zero-order chi connectivity index (χ0) is 19.6. The van der Waals surface area contributed by atoms with Crippen molar-refractivity contribution in [3.63, 3.8) is 0 Å². The molecule has 5 rings (SSSR count). The highest BCUT2D eigenvalue weighted by atomic mass is 16.7. The second kappa shape index (κ2) is 6.11. The maximum absolute atomic E-state index is 12.0. The van der Waals surface area contributed by atoms with Crippen LogP contribution in [0.25, 0.3) is 0 Å². The van der Waals surface area contributed by atoms with Crippen LogP contribution in [0.2, 0.25) is 0 Å². The smallest absolute Gasteiger partial charge is 0.303 e. The summed E-state index contributed by atoms with van der Waals surface area (Å²) in [4.78, 5) is 23.7. The summed E-state index contributed by atoms with van der Waals surface area (Å²) in [6.45, 7) is 5.06. The summed E-state index contributed by atoms with van der Waals surface area (Å²) in [5.41, 5.74) is 2.34. The molecule has 6 atom stereocenters. The van der Waals surface area contributed by atoms with E-state index in [-0.39, 0.29) is 24.6 Å². The van der Waals surface area contributed by atoms with Gasteiger partial charge in [0.2, 0.25) is 6.79 Å². The molecular formula is C21H26NO6+. The second-order valence-corrected chi connectivity index (χ2v) is 8.79. The molecule has 7 heteroatoms. The molecule has 1 saturated heterocycles. The van der Waals surface area contributed by atoms with Gasteiger partial charge >= 0.3 is 11.9 Å². The molecule has 0 spiro atoms. The Bertz CT molecular complexity index is 854. The zero-order valence-corrected chi connectivity index (χ0v) is 16.5. The maximum Gasteiger partial charge on any atom is 0.303 e. The Morgan fingerprint density at radius 1 is 1.11 bits per heavy atom. The molecule has 6 unspecified atom stereocenters. The normalized spacial score (nSPS) is 37.0. The van der Waals surface area contributed by atoms with Crippen LogP contribution in [0.1, 0.15) is 43.7 Å². The van der Waals surface area contributed by atoms with E-state index in [1.165, 1.54) is 19.4 Å². The van der Waals surface area contributed by atoms with E-state index in [1.54, 1.807) is 0 Å². The van der Waals surface area contributed by atoms with E-state index in [0.717, 1.165) is 47.5 Å². The van der Waals surface area contributed by atoms with Gasteiger partial charge in [-0.05, 0) is 24.1 Å². The van der Waals surface area contributed by atoms with E-state index < -0.39 is 12.2 Å². The molecule has 0 bridgehead atoms. The molecule has 28 heavy (non-hydrogen) atoms. The highest BCUT2D eigenvalue weighted by molar-refractivity contribution is 5.67. The lowest BCUT2D eigenvalue weighted by Crippen LogP contribution is -2.62. The van der Waals surface area contributed by atoms with Crippen LogP contribution in [-0.4, -0.2) is 55.1 Å². The Morgan fingerprint density at radius 3 is 2.54 bits per heavy atom.